The number of rotatable bonds is 6. The average molecular weight is 851 g/mol. The molecule has 2 aliphatic carbocycles. The van der Waals surface area contributed by atoms with Crippen molar-refractivity contribution in [3.8, 4) is 33.5 Å². The molecule has 4 nitrogen and oxygen atoms in total. The van der Waals surface area contributed by atoms with Gasteiger partial charge in [-0.05, 0) is 71.7 Å². The van der Waals surface area contributed by atoms with E-state index in [1.807, 2.05) is 23.5 Å². The van der Waals surface area contributed by atoms with E-state index in [1.54, 1.807) is 0 Å². The van der Waals surface area contributed by atoms with Crippen molar-refractivity contribution < 1.29 is 0 Å². The molecule has 0 N–H and O–H groups in total. The van der Waals surface area contributed by atoms with E-state index in [4.69, 9.17) is 15.0 Å². The molecule has 63 heavy (non-hydrogen) atoms. The summed E-state index contributed by atoms with van der Waals surface area (Å²) in [5.74, 6) is 1.62. The number of hydrogen-bond acceptors (Lipinski definition) is 6. The summed E-state index contributed by atoms with van der Waals surface area (Å²) in [5.41, 5.74) is 15.4. The highest BCUT2D eigenvalue weighted by atomic mass is 32.2. The lowest BCUT2D eigenvalue weighted by Crippen LogP contribution is -2.35. The van der Waals surface area contributed by atoms with E-state index in [0.29, 0.717) is 5.25 Å². The van der Waals surface area contributed by atoms with Gasteiger partial charge in [0.25, 0.3) is 0 Å². The van der Waals surface area contributed by atoms with Crippen LogP contribution in [0.15, 0.2) is 196 Å². The molecule has 306 valence electrons. The Hall–Kier alpha value is -6.21. The van der Waals surface area contributed by atoms with Crippen LogP contribution >= 0.6 is 23.5 Å². The first-order chi connectivity index (χ1) is 30.9. The number of nitrogens with zero attached hydrogens (tertiary/aromatic N) is 4. The Labute approximate surface area is 378 Å². The summed E-state index contributed by atoms with van der Waals surface area (Å²) in [4.78, 5) is 21.3. The lowest BCUT2D eigenvalue weighted by atomic mass is 9.76. The first kappa shape index (κ1) is 38.5. The first-order valence-electron chi connectivity index (χ1n) is 22.1. The molecule has 4 atom stereocenters. The van der Waals surface area contributed by atoms with Crippen LogP contribution in [0.4, 0.5) is 0 Å². The zero-order valence-corrected chi connectivity index (χ0v) is 37.3. The van der Waals surface area contributed by atoms with Crippen molar-refractivity contribution in [1.29, 1.82) is 0 Å². The minimum absolute atomic E-state index is 0.00179. The number of amidine groups is 2. The second-order valence-corrected chi connectivity index (χ2v) is 20.4. The van der Waals surface area contributed by atoms with Crippen molar-refractivity contribution in [3.63, 3.8) is 0 Å². The standard InChI is InChI=1S/C57H46N4S2/c1-56-32-12-11-31-47(56)62-51-43(27-17-30-46(51)56)39-23-14-22-38(34-39)42-26-16-28-44-48-45-29-10-13-33-57(45,2)63-52(48)49(58-50(42)44)40-24-15-25-41(35-40)53-59-54(36-18-6-4-7-19-36)61(3)55(60-53)37-20-8-5-9-21-37/h4-9,11-12,14-32,34-35,47,54H,10,13,33H2,1-3H3. The van der Waals surface area contributed by atoms with Crippen LogP contribution in [0.1, 0.15) is 67.1 Å². The average Bonchev–Trinajstić information content (AvgIpc) is 3.83. The van der Waals surface area contributed by atoms with Crippen molar-refractivity contribution in [3.05, 3.63) is 204 Å². The van der Waals surface area contributed by atoms with Crippen LogP contribution in [-0.4, -0.2) is 38.6 Å². The highest BCUT2D eigenvalue weighted by molar-refractivity contribution is 8.01. The molecule has 4 unspecified atom stereocenters. The van der Waals surface area contributed by atoms with E-state index >= 15 is 0 Å². The third-order valence-corrected chi connectivity index (χ3v) is 16.8. The van der Waals surface area contributed by atoms with Gasteiger partial charge < -0.3 is 4.90 Å². The Morgan fingerprint density at radius 2 is 1.38 bits per heavy atom. The van der Waals surface area contributed by atoms with Gasteiger partial charge in [0.2, 0.25) is 0 Å². The fraction of sp³-hybridized carbons (Fsp3) is 0.175. The molecule has 6 aromatic carbocycles. The van der Waals surface area contributed by atoms with E-state index in [2.05, 4.69) is 202 Å². The second-order valence-electron chi connectivity index (χ2n) is 17.8. The van der Waals surface area contributed by atoms with Crippen LogP contribution in [0.5, 0.6) is 0 Å². The molecule has 12 rings (SSSR count). The topological polar surface area (TPSA) is 40.9 Å². The summed E-state index contributed by atoms with van der Waals surface area (Å²) >= 11 is 4.01. The number of pyridine rings is 1. The lowest BCUT2D eigenvalue weighted by Gasteiger charge is -2.32. The van der Waals surface area contributed by atoms with Gasteiger partial charge >= 0.3 is 0 Å². The van der Waals surface area contributed by atoms with Crippen molar-refractivity contribution in [2.45, 2.75) is 64.5 Å². The number of para-hydroxylation sites is 1. The normalized spacial score (nSPS) is 23.1. The monoisotopic (exact) mass is 850 g/mol. The molecule has 0 radical (unpaired) electrons. The maximum atomic E-state index is 5.77. The minimum atomic E-state index is -0.221. The van der Waals surface area contributed by atoms with Gasteiger partial charge in [-0.2, -0.15) is 0 Å². The molecule has 0 bridgehead atoms. The molecule has 0 saturated carbocycles. The van der Waals surface area contributed by atoms with Crippen LogP contribution in [0.25, 0.3) is 50.0 Å². The SMILES string of the molecule is CN1C(c2ccccc2)=NC(c2cccc(-c3nc4c(-c5cccc(-c6cccc7c6SC6C=CC=CC76C)c5)cccc4c4c3SC3(C)CCCC=C43)c2)=NC1c1ccccc1. The summed E-state index contributed by atoms with van der Waals surface area (Å²) in [5, 5.41) is 1.63. The molecular formula is C57H46N4S2. The summed E-state index contributed by atoms with van der Waals surface area (Å²) in [7, 11) is 2.09. The van der Waals surface area contributed by atoms with Gasteiger partial charge in [-0.1, -0.05) is 171 Å². The Bertz CT molecular complexity index is 3160. The molecule has 0 saturated heterocycles. The quantitative estimate of drug-likeness (QED) is 0.167. The van der Waals surface area contributed by atoms with Crippen molar-refractivity contribution in [1.82, 2.24) is 9.88 Å². The van der Waals surface area contributed by atoms with E-state index < -0.39 is 0 Å². The summed E-state index contributed by atoms with van der Waals surface area (Å²) in [6.45, 7) is 4.82. The van der Waals surface area contributed by atoms with Gasteiger partial charge in [0, 0.05) is 65.5 Å². The Morgan fingerprint density at radius 1 is 0.683 bits per heavy atom. The number of thioether (sulfide) groups is 2. The van der Waals surface area contributed by atoms with Crippen molar-refractivity contribution >= 4 is 51.7 Å². The molecule has 1 aromatic heterocycles. The van der Waals surface area contributed by atoms with Crippen molar-refractivity contribution in [2.24, 2.45) is 9.98 Å². The lowest BCUT2D eigenvalue weighted by molar-refractivity contribution is 0.383. The van der Waals surface area contributed by atoms with E-state index in [9.17, 15) is 0 Å². The molecule has 6 heteroatoms. The smallest absolute Gasteiger partial charge is 0.159 e. The molecule has 5 aliphatic rings. The van der Waals surface area contributed by atoms with E-state index in [1.165, 1.54) is 55.0 Å². The van der Waals surface area contributed by atoms with Gasteiger partial charge in [-0.25, -0.2) is 15.0 Å². The van der Waals surface area contributed by atoms with Gasteiger partial charge in [0.1, 0.15) is 12.0 Å². The van der Waals surface area contributed by atoms with Crippen LogP contribution in [0.2, 0.25) is 0 Å². The third-order valence-electron chi connectivity index (χ3n) is 13.8. The number of allylic oxidation sites excluding steroid dienone is 4. The van der Waals surface area contributed by atoms with Crippen LogP contribution < -0.4 is 0 Å². The predicted molar refractivity (Wildman–Crippen MR) is 266 cm³/mol. The van der Waals surface area contributed by atoms with Crippen LogP contribution in [0.3, 0.4) is 0 Å². The first-order valence-corrected chi connectivity index (χ1v) is 23.8. The third kappa shape index (κ3) is 6.24. The number of fused-ring (bicyclic) bond motifs is 8. The summed E-state index contributed by atoms with van der Waals surface area (Å²) < 4.78 is -0.00179. The largest absolute Gasteiger partial charge is 0.333 e. The molecule has 0 fully saturated rings. The number of hydrogen-bond donors (Lipinski definition) is 0. The van der Waals surface area contributed by atoms with E-state index in [-0.39, 0.29) is 16.3 Å². The molecule has 7 aromatic rings. The number of aliphatic imine (C=N–C) groups is 2. The molecule has 0 spiro atoms. The van der Waals surface area contributed by atoms with Gasteiger partial charge in [-0.15, -0.1) is 23.5 Å². The molecule has 3 aliphatic heterocycles. The number of aromatic nitrogens is 1. The Morgan fingerprint density at radius 3 is 2.22 bits per heavy atom. The molecule has 0 amide bonds. The summed E-state index contributed by atoms with van der Waals surface area (Å²) in [6, 6.07) is 52.6. The van der Waals surface area contributed by atoms with Crippen LogP contribution in [0, 0.1) is 0 Å². The maximum Gasteiger partial charge on any atom is 0.159 e. The highest BCUT2D eigenvalue weighted by Gasteiger charge is 2.44. The molecule has 4 heterocycles. The fourth-order valence-corrected chi connectivity index (χ4v) is 13.6. The van der Waals surface area contributed by atoms with Gasteiger partial charge in [-0.3, -0.25) is 0 Å². The Kier molecular flexibility index (Phi) is 9.14. The zero-order valence-electron chi connectivity index (χ0n) is 35.6. The van der Waals surface area contributed by atoms with Crippen molar-refractivity contribution in [2.75, 3.05) is 7.05 Å². The fourth-order valence-electron chi connectivity index (χ4n) is 10.5. The molecular weight excluding hydrogens is 805 g/mol. The number of benzene rings is 6. The van der Waals surface area contributed by atoms with E-state index in [0.717, 1.165) is 63.5 Å². The maximum absolute atomic E-state index is 5.77. The second kappa shape index (κ2) is 15.0. The predicted octanol–water partition coefficient (Wildman–Crippen LogP) is 14.4. The van der Waals surface area contributed by atoms with Crippen LogP contribution in [-0.2, 0) is 5.41 Å². The summed E-state index contributed by atoms with van der Waals surface area (Å²) in [6.07, 6.45) is 14.9. The zero-order chi connectivity index (χ0) is 42.3. The van der Waals surface area contributed by atoms with Gasteiger partial charge in [0.05, 0.1) is 11.2 Å². The minimum Gasteiger partial charge on any atom is -0.333 e. The van der Waals surface area contributed by atoms with Gasteiger partial charge in [0.15, 0.2) is 5.84 Å². The highest BCUT2D eigenvalue weighted by Crippen LogP contribution is 2.61. The Balaban J connectivity index is 1.02.